The minimum absolute atomic E-state index is 0.197. The Morgan fingerprint density at radius 1 is 1.21 bits per heavy atom. The van der Waals surface area contributed by atoms with Gasteiger partial charge in [0.05, 0.1) is 23.9 Å². The zero-order valence-corrected chi connectivity index (χ0v) is 18.1. The lowest BCUT2D eigenvalue weighted by molar-refractivity contribution is 0.102. The number of rotatable bonds is 8. The molecule has 2 aromatic carbocycles. The van der Waals surface area contributed by atoms with Crippen LogP contribution in [-0.4, -0.2) is 24.6 Å². The first-order valence-corrected chi connectivity index (χ1v) is 10.6. The van der Waals surface area contributed by atoms with Crippen molar-refractivity contribution in [2.45, 2.75) is 19.8 Å². The average Bonchev–Trinajstić information content (AvgIpc) is 3.17. The summed E-state index contributed by atoms with van der Waals surface area (Å²) in [5, 5.41) is 5.31. The molecule has 0 radical (unpaired) electrons. The van der Waals surface area contributed by atoms with E-state index >= 15 is 0 Å². The van der Waals surface area contributed by atoms with Crippen LogP contribution in [0, 0.1) is 0 Å². The first-order chi connectivity index (χ1) is 13.6. The molecule has 0 aliphatic rings. The predicted octanol–water partition coefficient (Wildman–Crippen LogP) is 6.01. The lowest BCUT2D eigenvalue weighted by atomic mass is 10.2. The van der Waals surface area contributed by atoms with Crippen molar-refractivity contribution in [1.29, 1.82) is 0 Å². The summed E-state index contributed by atoms with van der Waals surface area (Å²) in [6.45, 7) is 2.81. The number of carbonyl (C=O) groups excluding carboxylic acids is 1. The molecule has 0 aliphatic heterocycles. The van der Waals surface area contributed by atoms with E-state index in [2.05, 4.69) is 33.2 Å². The van der Waals surface area contributed by atoms with E-state index in [0.717, 1.165) is 40.1 Å². The van der Waals surface area contributed by atoms with Crippen molar-refractivity contribution in [2.24, 2.45) is 0 Å². The molecule has 3 rings (SSSR count). The number of nitrogens with zero attached hydrogens (tertiary/aromatic N) is 1. The third-order valence-corrected chi connectivity index (χ3v) is 5.43. The summed E-state index contributed by atoms with van der Waals surface area (Å²) in [4.78, 5) is 17.0. The second-order valence-electron chi connectivity index (χ2n) is 6.07. The molecule has 1 N–H and O–H groups in total. The molecule has 0 bridgehead atoms. The molecule has 0 unspecified atom stereocenters. The van der Waals surface area contributed by atoms with Crippen LogP contribution < -0.4 is 14.8 Å². The Labute approximate surface area is 176 Å². The molecule has 1 aromatic heterocycles. The van der Waals surface area contributed by atoms with Crippen LogP contribution in [0.15, 0.2) is 52.3 Å². The van der Waals surface area contributed by atoms with Gasteiger partial charge in [0.15, 0.2) is 5.13 Å². The standard InChI is InChI=1S/C21H21BrN2O3S/c1-3-4-11-27-16-8-5-14(6-9-16)20(25)24-21-23-18(13-28-21)15-7-10-19(26-2)17(22)12-15/h5-10,12-13H,3-4,11H2,1-2H3,(H,23,24,25). The highest BCUT2D eigenvalue weighted by molar-refractivity contribution is 9.10. The van der Waals surface area contributed by atoms with Gasteiger partial charge in [0, 0.05) is 16.5 Å². The second kappa shape index (κ2) is 9.71. The van der Waals surface area contributed by atoms with E-state index in [1.165, 1.54) is 11.3 Å². The highest BCUT2D eigenvalue weighted by atomic mass is 79.9. The van der Waals surface area contributed by atoms with Crippen LogP contribution in [0.5, 0.6) is 11.5 Å². The van der Waals surface area contributed by atoms with Gasteiger partial charge in [-0.15, -0.1) is 11.3 Å². The lowest BCUT2D eigenvalue weighted by Crippen LogP contribution is -2.11. The van der Waals surface area contributed by atoms with E-state index in [0.29, 0.717) is 17.3 Å². The number of thiazole rings is 1. The number of aromatic nitrogens is 1. The van der Waals surface area contributed by atoms with E-state index in [1.54, 1.807) is 19.2 Å². The molecular weight excluding hydrogens is 440 g/mol. The SMILES string of the molecule is CCCCOc1ccc(C(=O)Nc2nc(-c3ccc(OC)c(Br)c3)cs2)cc1. The Kier molecular flexibility index (Phi) is 7.06. The third kappa shape index (κ3) is 5.11. The molecule has 0 saturated carbocycles. The van der Waals surface area contributed by atoms with Gasteiger partial charge in [-0.25, -0.2) is 4.98 Å². The molecule has 1 heterocycles. The smallest absolute Gasteiger partial charge is 0.257 e. The largest absolute Gasteiger partial charge is 0.496 e. The molecule has 5 nitrogen and oxygen atoms in total. The molecule has 3 aromatic rings. The molecule has 1 amide bonds. The number of hydrogen-bond acceptors (Lipinski definition) is 5. The van der Waals surface area contributed by atoms with E-state index in [4.69, 9.17) is 9.47 Å². The van der Waals surface area contributed by atoms with Crippen LogP contribution in [0.2, 0.25) is 0 Å². The van der Waals surface area contributed by atoms with Gasteiger partial charge >= 0.3 is 0 Å². The average molecular weight is 461 g/mol. The Morgan fingerprint density at radius 2 is 2.00 bits per heavy atom. The number of unbranched alkanes of at least 4 members (excludes halogenated alkanes) is 1. The van der Waals surface area contributed by atoms with Crippen molar-refractivity contribution >= 4 is 38.3 Å². The summed E-state index contributed by atoms with van der Waals surface area (Å²) in [5.74, 6) is 1.33. The highest BCUT2D eigenvalue weighted by Crippen LogP contribution is 2.32. The summed E-state index contributed by atoms with van der Waals surface area (Å²) in [5.41, 5.74) is 2.30. The van der Waals surface area contributed by atoms with Crippen molar-refractivity contribution in [2.75, 3.05) is 19.0 Å². The first-order valence-electron chi connectivity index (χ1n) is 8.94. The van der Waals surface area contributed by atoms with Crippen LogP contribution in [0.1, 0.15) is 30.1 Å². The van der Waals surface area contributed by atoms with Crippen LogP contribution in [0.4, 0.5) is 5.13 Å². The lowest BCUT2D eigenvalue weighted by Gasteiger charge is -2.06. The van der Waals surface area contributed by atoms with Crippen molar-refractivity contribution < 1.29 is 14.3 Å². The number of halogens is 1. The predicted molar refractivity (Wildman–Crippen MR) is 117 cm³/mol. The van der Waals surface area contributed by atoms with Gasteiger partial charge < -0.3 is 9.47 Å². The van der Waals surface area contributed by atoms with E-state index in [-0.39, 0.29) is 5.91 Å². The number of hydrogen-bond donors (Lipinski definition) is 1. The minimum atomic E-state index is -0.197. The molecule has 0 spiro atoms. The fraction of sp³-hybridized carbons (Fsp3) is 0.238. The van der Waals surface area contributed by atoms with Gasteiger partial charge in [0.1, 0.15) is 11.5 Å². The van der Waals surface area contributed by atoms with E-state index in [9.17, 15) is 4.79 Å². The first kappa shape index (κ1) is 20.4. The summed E-state index contributed by atoms with van der Waals surface area (Å²) in [6.07, 6.45) is 2.10. The molecule has 7 heteroatoms. The number of ether oxygens (including phenoxy) is 2. The number of nitrogens with one attached hydrogen (secondary N) is 1. The number of benzene rings is 2. The normalized spacial score (nSPS) is 10.5. The third-order valence-electron chi connectivity index (χ3n) is 4.06. The molecule has 0 aliphatic carbocycles. The van der Waals surface area contributed by atoms with Gasteiger partial charge in [-0.3, -0.25) is 10.1 Å². The summed E-state index contributed by atoms with van der Waals surface area (Å²) in [6, 6.07) is 12.9. The molecular formula is C21H21BrN2O3S. The maximum Gasteiger partial charge on any atom is 0.257 e. The number of anilines is 1. The summed E-state index contributed by atoms with van der Waals surface area (Å²) in [7, 11) is 1.63. The van der Waals surface area contributed by atoms with Crippen LogP contribution >= 0.6 is 27.3 Å². The van der Waals surface area contributed by atoms with Gasteiger partial charge in [0.25, 0.3) is 5.91 Å². The molecule has 0 fully saturated rings. The quantitative estimate of drug-likeness (QED) is 0.417. The van der Waals surface area contributed by atoms with Crippen molar-refractivity contribution in [3.05, 3.63) is 57.9 Å². The zero-order chi connectivity index (χ0) is 19.9. The topological polar surface area (TPSA) is 60.5 Å². The van der Waals surface area contributed by atoms with E-state index in [1.807, 2.05) is 35.7 Å². The fourth-order valence-corrected chi connectivity index (χ4v) is 3.75. The summed E-state index contributed by atoms with van der Waals surface area (Å²) >= 11 is 4.86. The molecule has 146 valence electrons. The Balaban J connectivity index is 1.64. The van der Waals surface area contributed by atoms with Crippen LogP contribution in [-0.2, 0) is 0 Å². The Bertz CT molecular complexity index is 941. The van der Waals surface area contributed by atoms with Gasteiger partial charge in [-0.1, -0.05) is 13.3 Å². The van der Waals surface area contributed by atoms with Gasteiger partial charge in [0.2, 0.25) is 0 Å². The number of carbonyl (C=O) groups is 1. The fourth-order valence-electron chi connectivity index (χ4n) is 2.50. The van der Waals surface area contributed by atoms with Gasteiger partial charge in [-0.05, 0) is 64.8 Å². The maximum atomic E-state index is 12.5. The number of methoxy groups -OCH3 is 1. The highest BCUT2D eigenvalue weighted by Gasteiger charge is 2.11. The zero-order valence-electron chi connectivity index (χ0n) is 15.7. The van der Waals surface area contributed by atoms with E-state index < -0.39 is 0 Å². The maximum absolute atomic E-state index is 12.5. The van der Waals surface area contributed by atoms with Crippen LogP contribution in [0.25, 0.3) is 11.3 Å². The van der Waals surface area contributed by atoms with Crippen molar-refractivity contribution in [3.8, 4) is 22.8 Å². The van der Waals surface area contributed by atoms with Gasteiger partial charge in [-0.2, -0.15) is 0 Å². The molecule has 28 heavy (non-hydrogen) atoms. The monoisotopic (exact) mass is 460 g/mol. The van der Waals surface area contributed by atoms with Crippen molar-refractivity contribution in [1.82, 2.24) is 4.98 Å². The summed E-state index contributed by atoms with van der Waals surface area (Å²) < 4.78 is 11.7. The minimum Gasteiger partial charge on any atom is -0.496 e. The van der Waals surface area contributed by atoms with Crippen molar-refractivity contribution in [3.63, 3.8) is 0 Å². The Morgan fingerprint density at radius 3 is 2.68 bits per heavy atom. The molecule has 0 atom stereocenters. The second-order valence-corrected chi connectivity index (χ2v) is 7.78. The Hall–Kier alpha value is -2.38. The number of amides is 1. The van der Waals surface area contributed by atoms with Crippen LogP contribution in [0.3, 0.4) is 0 Å². The molecule has 0 saturated heterocycles.